The highest BCUT2D eigenvalue weighted by Crippen LogP contribution is 2.36. The molecule has 1 amide bonds. The van der Waals surface area contributed by atoms with Crippen LogP contribution in [0.3, 0.4) is 0 Å². The lowest BCUT2D eigenvalue weighted by Gasteiger charge is -2.05. The highest BCUT2D eigenvalue weighted by molar-refractivity contribution is 7.15. The Hall–Kier alpha value is -3.35. The third kappa shape index (κ3) is 3.87. The van der Waals surface area contributed by atoms with Gasteiger partial charge in [-0.25, -0.2) is 4.79 Å². The number of aromatic carboxylic acids is 1. The molecule has 0 aliphatic heterocycles. The quantitative estimate of drug-likeness (QED) is 0.369. The van der Waals surface area contributed by atoms with E-state index in [2.05, 4.69) is 5.32 Å². The lowest BCUT2D eigenvalue weighted by atomic mass is 10.0. The number of halogens is 1. The first kappa shape index (κ1) is 19.9. The number of hydrogen-bond donors (Lipinski definition) is 2. The van der Waals surface area contributed by atoms with Crippen LogP contribution in [0, 0.1) is 6.92 Å². The van der Waals surface area contributed by atoms with Crippen molar-refractivity contribution in [2.75, 3.05) is 5.32 Å². The lowest BCUT2D eigenvalue weighted by Crippen LogP contribution is -2.13. The molecule has 0 saturated carbocycles. The maximum absolute atomic E-state index is 12.9. The molecule has 0 aliphatic rings. The van der Waals surface area contributed by atoms with Gasteiger partial charge in [-0.05, 0) is 30.7 Å². The van der Waals surface area contributed by atoms with Crippen LogP contribution in [0.1, 0.15) is 26.5 Å². The molecule has 4 rings (SSSR count). The number of nitrogens with one attached hydrogen (secondary N) is 1. The number of benzene rings is 2. The van der Waals surface area contributed by atoms with Gasteiger partial charge in [0.2, 0.25) is 0 Å². The third-order valence-corrected chi connectivity index (χ3v) is 5.76. The number of carboxylic acids is 1. The number of carbonyl (C=O) groups is 2. The molecule has 150 valence electrons. The summed E-state index contributed by atoms with van der Waals surface area (Å²) in [4.78, 5) is 24.8. The second-order valence-electron chi connectivity index (χ2n) is 6.57. The van der Waals surface area contributed by atoms with Crippen molar-refractivity contribution in [3.63, 3.8) is 0 Å². The van der Waals surface area contributed by atoms with Crippen molar-refractivity contribution >= 4 is 39.8 Å². The smallest absolute Gasteiger partial charge is 0.339 e. The number of rotatable bonds is 5. The van der Waals surface area contributed by atoms with E-state index in [1.165, 1.54) is 0 Å². The fourth-order valence-electron chi connectivity index (χ4n) is 3.13. The Balaban J connectivity index is 1.65. The Kier molecular flexibility index (Phi) is 5.44. The summed E-state index contributed by atoms with van der Waals surface area (Å²) in [6, 6.07) is 18.0. The van der Waals surface area contributed by atoms with E-state index in [0.29, 0.717) is 33.2 Å². The minimum Gasteiger partial charge on any atom is -0.478 e. The van der Waals surface area contributed by atoms with Crippen molar-refractivity contribution in [2.24, 2.45) is 0 Å². The van der Waals surface area contributed by atoms with E-state index in [1.54, 1.807) is 42.6 Å². The van der Waals surface area contributed by atoms with Crippen LogP contribution in [0.4, 0.5) is 5.00 Å². The van der Waals surface area contributed by atoms with Crippen LogP contribution in [0.25, 0.3) is 22.5 Å². The summed E-state index contributed by atoms with van der Waals surface area (Å²) >= 11 is 7.08. The zero-order chi connectivity index (χ0) is 21.3. The third-order valence-electron chi connectivity index (χ3n) is 4.61. The molecule has 0 spiro atoms. The molecule has 4 aromatic rings. The number of aryl methyl sites for hydroxylation is 1. The van der Waals surface area contributed by atoms with Gasteiger partial charge in [0.1, 0.15) is 22.1 Å². The van der Waals surface area contributed by atoms with E-state index in [4.69, 9.17) is 16.0 Å². The average molecular weight is 438 g/mol. The van der Waals surface area contributed by atoms with Crippen LogP contribution in [0.2, 0.25) is 5.02 Å². The fraction of sp³-hybridized carbons (Fsp3) is 0.0435. The Bertz CT molecular complexity index is 1230. The standard InChI is InChI=1S/C23H16ClNO4S/c1-13-17(11-19(29-13)15-5-3-2-4-6-15)21(26)25-22-20(23(27)28)18(12-30-22)14-7-9-16(24)10-8-14/h2-12H,1H3,(H,25,26)(H,27,28). The van der Waals surface area contributed by atoms with Crippen LogP contribution in [0.15, 0.2) is 70.5 Å². The van der Waals surface area contributed by atoms with E-state index in [1.807, 2.05) is 30.3 Å². The van der Waals surface area contributed by atoms with E-state index in [-0.39, 0.29) is 10.6 Å². The number of amides is 1. The van der Waals surface area contributed by atoms with E-state index in [0.717, 1.165) is 16.9 Å². The van der Waals surface area contributed by atoms with Crippen molar-refractivity contribution in [3.05, 3.63) is 88.0 Å². The minimum atomic E-state index is -1.12. The number of furan rings is 1. The molecule has 0 saturated heterocycles. The number of carbonyl (C=O) groups excluding carboxylic acids is 1. The van der Waals surface area contributed by atoms with Gasteiger partial charge in [0.25, 0.3) is 5.91 Å². The normalized spacial score (nSPS) is 10.7. The number of thiophene rings is 1. The number of carboxylic acid groups (broad SMARTS) is 1. The SMILES string of the molecule is Cc1oc(-c2ccccc2)cc1C(=O)Nc1scc(-c2ccc(Cl)cc2)c1C(=O)O. The molecule has 30 heavy (non-hydrogen) atoms. The Morgan fingerprint density at radius 3 is 2.40 bits per heavy atom. The Morgan fingerprint density at radius 2 is 1.73 bits per heavy atom. The van der Waals surface area contributed by atoms with Crippen LogP contribution in [0.5, 0.6) is 0 Å². The summed E-state index contributed by atoms with van der Waals surface area (Å²) in [5.41, 5.74) is 2.48. The van der Waals surface area contributed by atoms with Gasteiger partial charge in [-0.3, -0.25) is 4.79 Å². The molecule has 0 aliphatic carbocycles. The summed E-state index contributed by atoms with van der Waals surface area (Å²) in [5.74, 6) is -0.515. The van der Waals surface area contributed by atoms with E-state index in [9.17, 15) is 14.7 Å². The van der Waals surface area contributed by atoms with Gasteiger partial charge in [-0.15, -0.1) is 11.3 Å². The molecule has 2 N–H and O–H groups in total. The zero-order valence-electron chi connectivity index (χ0n) is 15.8. The molecule has 0 fully saturated rings. The van der Waals surface area contributed by atoms with Gasteiger partial charge >= 0.3 is 5.97 Å². The summed E-state index contributed by atoms with van der Waals surface area (Å²) < 4.78 is 5.74. The van der Waals surface area contributed by atoms with Crippen LogP contribution >= 0.6 is 22.9 Å². The molecule has 7 heteroatoms. The lowest BCUT2D eigenvalue weighted by molar-refractivity contribution is 0.0699. The molecule has 0 radical (unpaired) electrons. The predicted molar refractivity (Wildman–Crippen MR) is 119 cm³/mol. The maximum Gasteiger partial charge on any atom is 0.339 e. The second kappa shape index (κ2) is 8.18. The first-order chi connectivity index (χ1) is 14.4. The molecule has 5 nitrogen and oxygen atoms in total. The zero-order valence-corrected chi connectivity index (χ0v) is 17.4. The van der Waals surface area contributed by atoms with Crippen molar-refractivity contribution in [2.45, 2.75) is 6.92 Å². The molecule has 0 unspecified atom stereocenters. The molecular weight excluding hydrogens is 422 g/mol. The maximum atomic E-state index is 12.9. The summed E-state index contributed by atoms with van der Waals surface area (Å²) in [5, 5.41) is 15.0. The second-order valence-corrected chi connectivity index (χ2v) is 7.88. The van der Waals surface area contributed by atoms with Crippen LogP contribution in [-0.2, 0) is 0 Å². The van der Waals surface area contributed by atoms with Crippen LogP contribution in [-0.4, -0.2) is 17.0 Å². The van der Waals surface area contributed by atoms with Gasteiger partial charge in [0.05, 0.1) is 5.56 Å². The minimum absolute atomic E-state index is 0.0418. The molecule has 2 heterocycles. The summed E-state index contributed by atoms with van der Waals surface area (Å²) in [6.45, 7) is 1.70. The number of anilines is 1. The topological polar surface area (TPSA) is 79.5 Å². The Labute approximate surface area is 181 Å². The molecule has 2 aromatic heterocycles. The first-order valence-electron chi connectivity index (χ1n) is 9.02. The largest absolute Gasteiger partial charge is 0.478 e. The van der Waals surface area contributed by atoms with Gasteiger partial charge < -0.3 is 14.8 Å². The highest BCUT2D eigenvalue weighted by atomic mass is 35.5. The Morgan fingerprint density at radius 1 is 1.03 bits per heavy atom. The van der Waals surface area contributed by atoms with Crippen LogP contribution < -0.4 is 5.32 Å². The van der Waals surface area contributed by atoms with E-state index >= 15 is 0 Å². The monoisotopic (exact) mass is 437 g/mol. The average Bonchev–Trinajstić information content (AvgIpc) is 3.33. The molecule has 0 bridgehead atoms. The van der Waals surface area contributed by atoms with Gasteiger partial charge in [-0.1, -0.05) is 54.1 Å². The summed E-state index contributed by atoms with van der Waals surface area (Å²) in [6.07, 6.45) is 0. The van der Waals surface area contributed by atoms with Crippen molar-refractivity contribution in [1.82, 2.24) is 0 Å². The first-order valence-corrected chi connectivity index (χ1v) is 10.3. The fourth-order valence-corrected chi connectivity index (χ4v) is 4.21. The van der Waals surface area contributed by atoms with Gasteiger partial charge in [0, 0.05) is 21.5 Å². The van der Waals surface area contributed by atoms with Gasteiger partial charge in [-0.2, -0.15) is 0 Å². The summed E-state index contributed by atoms with van der Waals surface area (Å²) in [7, 11) is 0. The van der Waals surface area contributed by atoms with Crippen molar-refractivity contribution in [3.8, 4) is 22.5 Å². The van der Waals surface area contributed by atoms with E-state index < -0.39 is 11.9 Å². The number of hydrogen-bond acceptors (Lipinski definition) is 4. The molecular formula is C23H16ClNO4S. The molecule has 2 aromatic carbocycles. The highest BCUT2D eigenvalue weighted by Gasteiger charge is 2.23. The van der Waals surface area contributed by atoms with Crippen molar-refractivity contribution < 1.29 is 19.1 Å². The predicted octanol–water partition coefficient (Wildman–Crippen LogP) is 6.59. The molecule has 0 atom stereocenters. The van der Waals surface area contributed by atoms with Crippen molar-refractivity contribution in [1.29, 1.82) is 0 Å². The van der Waals surface area contributed by atoms with Gasteiger partial charge in [0.15, 0.2) is 0 Å².